The predicted octanol–water partition coefficient (Wildman–Crippen LogP) is 4.85. The topological polar surface area (TPSA) is 64.3 Å². The highest BCUT2D eigenvalue weighted by Crippen LogP contribution is 2.29. The summed E-state index contributed by atoms with van der Waals surface area (Å²) in [5.74, 6) is 0.150. The molecular formula is C18H20Cl2N2O2. The van der Waals surface area contributed by atoms with Gasteiger partial charge in [-0.2, -0.15) is 0 Å². The zero-order valence-electron chi connectivity index (χ0n) is 13.8. The summed E-state index contributed by atoms with van der Waals surface area (Å²) in [6.07, 6.45) is 0.0464. The van der Waals surface area contributed by atoms with Crippen molar-refractivity contribution in [2.75, 3.05) is 11.1 Å². The molecule has 2 rings (SSSR count). The first-order chi connectivity index (χ1) is 11.3. The van der Waals surface area contributed by atoms with Gasteiger partial charge in [-0.3, -0.25) is 4.79 Å². The summed E-state index contributed by atoms with van der Waals surface area (Å²) in [4.78, 5) is 12.5. The lowest BCUT2D eigenvalue weighted by Gasteiger charge is -2.19. The van der Waals surface area contributed by atoms with Gasteiger partial charge in [-0.25, -0.2) is 0 Å². The molecule has 0 spiro atoms. The molecule has 6 heteroatoms. The molecule has 0 aliphatic carbocycles. The fourth-order valence-electron chi connectivity index (χ4n) is 2.39. The smallest absolute Gasteiger partial charge is 0.265 e. The van der Waals surface area contributed by atoms with Crippen LogP contribution in [0.2, 0.25) is 10.0 Å². The number of nitrogens with two attached hydrogens (primary N) is 1. The first-order valence-electron chi connectivity index (χ1n) is 7.63. The van der Waals surface area contributed by atoms with Crippen LogP contribution in [0.1, 0.15) is 25.0 Å². The van der Waals surface area contributed by atoms with Crippen LogP contribution >= 0.6 is 23.2 Å². The van der Waals surface area contributed by atoms with Gasteiger partial charge in [0.05, 0.1) is 5.02 Å². The normalized spacial score (nSPS) is 11.9. The molecule has 3 N–H and O–H groups in total. The number of rotatable bonds is 5. The van der Waals surface area contributed by atoms with Gasteiger partial charge < -0.3 is 15.8 Å². The van der Waals surface area contributed by atoms with Crippen molar-refractivity contribution < 1.29 is 9.53 Å². The van der Waals surface area contributed by atoms with E-state index < -0.39 is 6.10 Å². The predicted molar refractivity (Wildman–Crippen MR) is 100 cm³/mol. The molecule has 0 radical (unpaired) electrons. The average molecular weight is 367 g/mol. The summed E-state index contributed by atoms with van der Waals surface area (Å²) in [6.45, 7) is 5.59. The minimum Gasteiger partial charge on any atom is -0.479 e. The average Bonchev–Trinajstić information content (AvgIpc) is 2.52. The molecule has 0 unspecified atom stereocenters. The molecule has 24 heavy (non-hydrogen) atoms. The molecule has 0 bridgehead atoms. The Bertz CT molecular complexity index is 763. The Morgan fingerprint density at radius 2 is 2.00 bits per heavy atom. The van der Waals surface area contributed by atoms with E-state index in [0.29, 0.717) is 21.5 Å². The van der Waals surface area contributed by atoms with E-state index >= 15 is 0 Å². The summed E-state index contributed by atoms with van der Waals surface area (Å²) in [5, 5.41) is 3.79. The van der Waals surface area contributed by atoms with Crippen LogP contribution in [0.5, 0.6) is 5.75 Å². The Balaban J connectivity index is 2.15. The van der Waals surface area contributed by atoms with E-state index in [0.717, 1.165) is 23.2 Å². The second-order valence-electron chi connectivity index (χ2n) is 5.55. The molecule has 4 nitrogen and oxygen atoms in total. The van der Waals surface area contributed by atoms with Gasteiger partial charge in [0.2, 0.25) is 0 Å². The number of amides is 1. The first kappa shape index (κ1) is 18.4. The van der Waals surface area contributed by atoms with Crippen LogP contribution in [0.15, 0.2) is 30.3 Å². The number of nitrogen functional groups attached to an aromatic ring is 1. The van der Waals surface area contributed by atoms with Crippen molar-refractivity contribution in [1.82, 2.24) is 0 Å². The van der Waals surface area contributed by atoms with Gasteiger partial charge in [0.1, 0.15) is 5.75 Å². The minimum atomic E-state index is -0.717. The quantitative estimate of drug-likeness (QED) is 0.743. The third-order valence-corrected chi connectivity index (χ3v) is 4.17. The van der Waals surface area contributed by atoms with Crippen LogP contribution in [0, 0.1) is 6.92 Å². The highest BCUT2D eigenvalue weighted by atomic mass is 35.5. The van der Waals surface area contributed by atoms with E-state index in [-0.39, 0.29) is 5.91 Å². The fraction of sp³-hybridized carbons (Fsp3) is 0.278. The fourth-order valence-corrected chi connectivity index (χ4v) is 2.84. The van der Waals surface area contributed by atoms with Crippen molar-refractivity contribution in [3.8, 4) is 5.75 Å². The molecule has 0 saturated heterocycles. The minimum absolute atomic E-state index is 0.261. The molecule has 2 aromatic rings. The summed E-state index contributed by atoms with van der Waals surface area (Å²) in [7, 11) is 0. The molecule has 0 aliphatic heterocycles. The van der Waals surface area contributed by atoms with Gasteiger partial charge in [-0.15, -0.1) is 0 Å². The van der Waals surface area contributed by atoms with Crippen molar-refractivity contribution in [2.45, 2.75) is 33.3 Å². The van der Waals surface area contributed by atoms with Gasteiger partial charge in [-0.05, 0) is 61.7 Å². The van der Waals surface area contributed by atoms with Gasteiger partial charge in [0.25, 0.3) is 5.91 Å². The SMILES string of the molecule is CCc1cc(N)cc(C)c1NC(=O)[C@@H](C)Oc1ccc(Cl)cc1Cl. The molecule has 0 heterocycles. The van der Waals surface area contributed by atoms with Gasteiger partial charge in [0.15, 0.2) is 6.10 Å². The Morgan fingerprint density at radius 1 is 1.29 bits per heavy atom. The molecule has 0 aliphatic rings. The Morgan fingerprint density at radius 3 is 2.62 bits per heavy atom. The van der Waals surface area contributed by atoms with Crippen LogP contribution in [-0.4, -0.2) is 12.0 Å². The number of aryl methyl sites for hydroxylation is 2. The highest BCUT2D eigenvalue weighted by Gasteiger charge is 2.18. The molecular weight excluding hydrogens is 347 g/mol. The first-order valence-corrected chi connectivity index (χ1v) is 8.39. The lowest BCUT2D eigenvalue weighted by atomic mass is 10.0. The molecule has 1 amide bonds. The largest absolute Gasteiger partial charge is 0.479 e. The number of ether oxygens (including phenoxy) is 1. The van der Waals surface area contributed by atoms with Gasteiger partial charge >= 0.3 is 0 Å². The maximum absolute atomic E-state index is 12.5. The molecule has 128 valence electrons. The molecule has 0 saturated carbocycles. The standard InChI is InChI=1S/C18H20Cl2N2O2/c1-4-12-8-14(21)7-10(2)17(12)22-18(23)11(3)24-16-6-5-13(19)9-15(16)20/h5-9,11H,4,21H2,1-3H3,(H,22,23)/t11-/m1/s1. The Kier molecular flexibility index (Phi) is 5.97. The van der Waals surface area contributed by atoms with Crippen molar-refractivity contribution in [2.24, 2.45) is 0 Å². The van der Waals surface area contributed by atoms with Crippen molar-refractivity contribution in [3.63, 3.8) is 0 Å². The van der Waals surface area contributed by atoms with E-state index in [4.69, 9.17) is 33.7 Å². The van der Waals surface area contributed by atoms with Crippen LogP contribution in [0.4, 0.5) is 11.4 Å². The summed E-state index contributed by atoms with van der Waals surface area (Å²) in [5.41, 5.74) is 9.21. The summed E-state index contributed by atoms with van der Waals surface area (Å²) < 4.78 is 5.64. The second kappa shape index (κ2) is 7.77. The van der Waals surface area contributed by atoms with E-state index in [2.05, 4.69) is 5.32 Å². The van der Waals surface area contributed by atoms with Crippen LogP contribution in [-0.2, 0) is 11.2 Å². The second-order valence-corrected chi connectivity index (χ2v) is 6.39. The molecule has 0 fully saturated rings. The monoisotopic (exact) mass is 366 g/mol. The number of hydrogen-bond acceptors (Lipinski definition) is 3. The van der Waals surface area contributed by atoms with E-state index in [1.165, 1.54) is 0 Å². The zero-order chi connectivity index (χ0) is 17.9. The van der Waals surface area contributed by atoms with Gasteiger partial charge in [-0.1, -0.05) is 30.1 Å². The number of halogens is 2. The number of nitrogens with one attached hydrogen (secondary N) is 1. The number of anilines is 2. The molecule has 2 aromatic carbocycles. The third-order valence-electron chi connectivity index (χ3n) is 3.64. The maximum Gasteiger partial charge on any atom is 0.265 e. The van der Waals surface area contributed by atoms with Crippen LogP contribution in [0.3, 0.4) is 0 Å². The van der Waals surface area contributed by atoms with Crippen LogP contribution in [0.25, 0.3) is 0 Å². The highest BCUT2D eigenvalue weighted by molar-refractivity contribution is 6.35. The third kappa shape index (κ3) is 4.34. The van der Waals surface area contributed by atoms with E-state index in [1.807, 2.05) is 26.0 Å². The lowest BCUT2D eigenvalue weighted by Crippen LogP contribution is -2.31. The van der Waals surface area contributed by atoms with Crippen molar-refractivity contribution in [3.05, 3.63) is 51.5 Å². The molecule has 0 aromatic heterocycles. The number of carbonyl (C=O) groups excluding carboxylic acids is 1. The Labute approximate surface area is 151 Å². The van der Waals surface area contributed by atoms with Crippen molar-refractivity contribution in [1.29, 1.82) is 0 Å². The van der Waals surface area contributed by atoms with Crippen LogP contribution < -0.4 is 15.8 Å². The van der Waals surface area contributed by atoms with Crippen molar-refractivity contribution >= 4 is 40.5 Å². The zero-order valence-corrected chi connectivity index (χ0v) is 15.3. The maximum atomic E-state index is 12.5. The molecule has 1 atom stereocenters. The Hall–Kier alpha value is -1.91. The number of benzene rings is 2. The number of carbonyl (C=O) groups is 1. The van der Waals surface area contributed by atoms with E-state index in [9.17, 15) is 4.79 Å². The number of hydrogen-bond donors (Lipinski definition) is 2. The van der Waals surface area contributed by atoms with Gasteiger partial charge in [0, 0.05) is 16.4 Å². The summed E-state index contributed by atoms with van der Waals surface area (Å²) >= 11 is 11.9. The summed E-state index contributed by atoms with van der Waals surface area (Å²) in [6, 6.07) is 8.57. The lowest BCUT2D eigenvalue weighted by molar-refractivity contribution is -0.122. The van der Waals surface area contributed by atoms with E-state index in [1.54, 1.807) is 25.1 Å².